The highest BCUT2D eigenvalue weighted by Gasteiger charge is 2.35. The topological polar surface area (TPSA) is 21.3 Å². The molecular weight excluding hydrogens is 278 g/mol. The van der Waals surface area contributed by atoms with Crippen LogP contribution >= 0.6 is 15.9 Å². The zero-order chi connectivity index (χ0) is 12.6. The predicted molar refractivity (Wildman–Crippen MR) is 74.8 cm³/mol. The van der Waals surface area contributed by atoms with Gasteiger partial charge in [-0.25, -0.2) is 0 Å². The molecule has 1 saturated heterocycles. The summed E-state index contributed by atoms with van der Waals surface area (Å²) in [5, 5.41) is 3.61. The molecule has 0 aliphatic carbocycles. The largest absolute Gasteiger partial charge is 0.495 e. The molecule has 2 nitrogen and oxygen atoms in total. The third-order valence-corrected chi connectivity index (χ3v) is 4.71. The van der Waals surface area contributed by atoms with Gasteiger partial charge in [0.05, 0.1) is 11.6 Å². The standard InChI is InChI=1S/C14H20BrNO/c1-9-8-10(2)12(15)13(17-4)11(9)14(3)6-5-7-16-14/h8,16H,5-7H2,1-4H3. The second-order valence-corrected chi connectivity index (χ2v) is 5.89. The summed E-state index contributed by atoms with van der Waals surface area (Å²) in [4.78, 5) is 0. The van der Waals surface area contributed by atoms with Gasteiger partial charge >= 0.3 is 0 Å². The first-order chi connectivity index (χ1) is 7.99. The Bertz CT molecular complexity index is 436. The highest BCUT2D eigenvalue weighted by molar-refractivity contribution is 9.10. The van der Waals surface area contributed by atoms with Gasteiger partial charge in [0.25, 0.3) is 0 Å². The van der Waals surface area contributed by atoms with Crippen LogP contribution in [0.5, 0.6) is 5.75 Å². The van der Waals surface area contributed by atoms with Crippen molar-refractivity contribution in [2.45, 2.75) is 39.2 Å². The minimum absolute atomic E-state index is 0.0473. The Morgan fingerprint density at radius 3 is 2.59 bits per heavy atom. The summed E-state index contributed by atoms with van der Waals surface area (Å²) < 4.78 is 6.71. The van der Waals surface area contributed by atoms with Gasteiger partial charge in [-0.1, -0.05) is 6.07 Å². The van der Waals surface area contributed by atoms with Crippen LogP contribution < -0.4 is 10.1 Å². The molecule has 17 heavy (non-hydrogen) atoms. The number of ether oxygens (including phenoxy) is 1. The molecular formula is C14H20BrNO. The van der Waals surface area contributed by atoms with Gasteiger partial charge in [-0.15, -0.1) is 0 Å². The normalized spacial score (nSPS) is 24.1. The number of rotatable bonds is 2. The Kier molecular flexibility index (Phi) is 3.50. The van der Waals surface area contributed by atoms with Crippen molar-refractivity contribution < 1.29 is 4.74 Å². The van der Waals surface area contributed by atoms with E-state index in [0.717, 1.165) is 16.8 Å². The Morgan fingerprint density at radius 1 is 1.35 bits per heavy atom. The molecule has 1 N–H and O–H groups in total. The fourth-order valence-electron chi connectivity index (χ4n) is 2.91. The highest BCUT2D eigenvalue weighted by atomic mass is 79.9. The molecule has 0 radical (unpaired) electrons. The SMILES string of the molecule is COc1c(Br)c(C)cc(C)c1C1(C)CCCN1. The predicted octanol–water partition coefficient (Wildman–Crippen LogP) is 3.67. The Hall–Kier alpha value is -0.540. The Labute approximate surface area is 112 Å². The molecule has 1 aliphatic heterocycles. The minimum atomic E-state index is 0.0473. The van der Waals surface area contributed by atoms with E-state index in [0.29, 0.717) is 0 Å². The lowest BCUT2D eigenvalue weighted by Gasteiger charge is -2.30. The van der Waals surface area contributed by atoms with Crippen LogP contribution in [0.15, 0.2) is 10.5 Å². The van der Waals surface area contributed by atoms with Gasteiger partial charge in [0, 0.05) is 11.1 Å². The van der Waals surface area contributed by atoms with E-state index in [4.69, 9.17) is 4.74 Å². The van der Waals surface area contributed by atoms with Crippen LogP contribution in [-0.4, -0.2) is 13.7 Å². The quantitative estimate of drug-likeness (QED) is 0.899. The van der Waals surface area contributed by atoms with E-state index in [1.54, 1.807) is 7.11 Å². The first-order valence-electron chi connectivity index (χ1n) is 6.09. The molecule has 0 spiro atoms. The third kappa shape index (κ3) is 2.11. The maximum atomic E-state index is 5.63. The number of hydrogen-bond acceptors (Lipinski definition) is 2. The average Bonchev–Trinajstić information content (AvgIpc) is 2.70. The van der Waals surface area contributed by atoms with Gasteiger partial charge in [-0.2, -0.15) is 0 Å². The van der Waals surface area contributed by atoms with Crippen molar-refractivity contribution >= 4 is 15.9 Å². The molecule has 0 amide bonds. The van der Waals surface area contributed by atoms with E-state index >= 15 is 0 Å². The monoisotopic (exact) mass is 297 g/mol. The molecule has 1 heterocycles. The lowest BCUT2D eigenvalue weighted by molar-refractivity contribution is 0.367. The van der Waals surface area contributed by atoms with Crippen LogP contribution in [0.4, 0.5) is 0 Å². The van der Waals surface area contributed by atoms with Crippen LogP contribution in [0.2, 0.25) is 0 Å². The summed E-state index contributed by atoms with van der Waals surface area (Å²) in [6.45, 7) is 7.63. The third-order valence-electron chi connectivity index (χ3n) is 3.72. The molecule has 1 unspecified atom stereocenters. The summed E-state index contributed by atoms with van der Waals surface area (Å²) in [6, 6.07) is 2.23. The fraction of sp³-hybridized carbons (Fsp3) is 0.571. The summed E-state index contributed by atoms with van der Waals surface area (Å²) in [7, 11) is 1.75. The van der Waals surface area contributed by atoms with E-state index in [9.17, 15) is 0 Å². The number of nitrogens with one attached hydrogen (secondary N) is 1. The summed E-state index contributed by atoms with van der Waals surface area (Å²) in [5.74, 6) is 0.986. The minimum Gasteiger partial charge on any atom is -0.495 e. The van der Waals surface area contributed by atoms with Crippen molar-refractivity contribution in [3.05, 3.63) is 27.2 Å². The summed E-state index contributed by atoms with van der Waals surface area (Å²) >= 11 is 3.64. The van der Waals surface area contributed by atoms with Gasteiger partial charge in [0.15, 0.2) is 0 Å². The van der Waals surface area contributed by atoms with Crippen molar-refractivity contribution in [1.82, 2.24) is 5.32 Å². The van der Waals surface area contributed by atoms with E-state index in [1.165, 1.54) is 29.5 Å². The zero-order valence-corrected chi connectivity index (χ0v) is 12.6. The Morgan fingerprint density at radius 2 is 2.06 bits per heavy atom. The highest BCUT2D eigenvalue weighted by Crippen LogP contribution is 2.43. The molecule has 3 heteroatoms. The first kappa shape index (κ1) is 12.9. The molecule has 2 rings (SSSR count). The van der Waals surface area contributed by atoms with E-state index < -0.39 is 0 Å². The van der Waals surface area contributed by atoms with Gasteiger partial charge < -0.3 is 10.1 Å². The van der Waals surface area contributed by atoms with Crippen molar-refractivity contribution in [3.63, 3.8) is 0 Å². The van der Waals surface area contributed by atoms with Crippen LogP contribution in [0.3, 0.4) is 0 Å². The van der Waals surface area contributed by atoms with Crippen molar-refractivity contribution in [3.8, 4) is 5.75 Å². The number of aryl methyl sites for hydroxylation is 2. The molecule has 1 fully saturated rings. The number of halogens is 1. The summed E-state index contributed by atoms with van der Waals surface area (Å²) in [5.41, 5.74) is 3.88. The maximum Gasteiger partial charge on any atom is 0.138 e. The second-order valence-electron chi connectivity index (χ2n) is 5.10. The zero-order valence-electron chi connectivity index (χ0n) is 11.0. The van der Waals surface area contributed by atoms with E-state index in [-0.39, 0.29) is 5.54 Å². The fourth-order valence-corrected chi connectivity index (χ4v) is 3.39. The van der Waals surface area contributed by atoms with Gasteiger partial charge in [0.1, 0.15) is 5.75 Å². The number of benzene rings is 1. The second kappa shape index (κ2) is 4.62. The molecule has 1 atom stereocenters. The van der Waals surface area contributed by atoms with Crippen LogP contribution in [-0.2, 0) is 5.54 Å². The first-order valence-corrected chi connectivity index (χ1v) is 6.88. The van der Waals surface area contributed by atoms with Gasteiger partial charge in [-0.3, -0.25) is 0 Å². The van der Waals surface area contributed by atoms with Crippen molar-refractivity contribution in [2.24, 2.45) is 0 Å². The molecule has 0 saturated carbocycles. The van der Waals surface area contributed by atoms with Crippen molar-refractivity contribution in [1.29, 1.82) is 0 Å². The number of hydrogen-bond donors (Lipinski definition) is 1. The molecule has 94 valence electrons. The van der Waals surface area contributed by atoms with Crippen molar-refractivity contribution in [2.75, 3.05) is 13.7 Å². The molecule has 1 aromatic rings. The van der Waals surface area contributed by atoms with E-state index in [1.807, 2.05) is 0 Å². The van der Waals surface area contributed by atoms with Gasteiger partial charge in [0.2, 0.25) is 0 Å². The average molecular weight is 298 g/mol. The van der Waals surface area contributed by atoms with Crippen LogP contribution in [0.1, 0.15) is 36.5 Å². The molecule has 0 aromatic heterocycles. The summed E-state index contributed by atoms with van der Waals surface area (Å²) in [6.07, 6.45) is 2.39. The molecule has 1 aliphatic rings. The lowest BCUT2D eigenvalue weighted by Crippen LogP contribution is -2.34. The molecule has 1 aromatic carbocycles. The van der Waals surface area contributed by atoms with Gasteiger partial charge in [-0.05, 0) is 67.2 Å². The maximum absolute atomic E-state index is 5.63. The molecule has 0 bridgehead atoms. The van der Waals surface area contributed by atoms with Crippen LogP contribution in [0, 0.1) is 13.8 Å². The Balaban J connectivity index is 2.63. The van der Waals surface area contributed by atoms with E-state index in [2.05, 4.69) is 48.1 Å². The smallest absolute Gasteiger partial charge is 0.138 e. The lowest BCUT2D eigenvalue weighted by atomic mass is 9.85. The van der Waals surface area contributed by atoms with Crippen LogP contribution in [0.25, 0.3) is 0 Å². The number of methoxy groups -OCH3 is 1.